The second-order valence-corrected chi connectivity index (χ2v) is 27.0. The third kappa shape index (κ3) is 28.2. The summed E-state index contributed by atoms with van der Waals surface area (Å²) in [5, 5.41) is 30.4. The van der Waals surface area contributed by atoms with Gasteiger partial charge in [0.2, 0.25) is 0 Å². The number of esters is 7. The lowest BCUT2D eigenvalue weighted by Crippen LogP contribution is -2.37. The van der Waals surface area contributed by atoms with Crippen LogP contribution >= 0.6 is 31.9 Å². The number of nitrogens with zero attached hydrogens (tertiary/aromatic N) is 8. The van der Waals surface area contributed by atoms with Gasteiger partial charge in [-0.05, 0) is 166 Å². The Morgan fingerprint density at radius 2 is 0.790 bits per heavy atom. The predicted octanol–water partition coefficient (Wildman–Crippen LogP) is 12.1. The van der Waals surface area contributed by atoms with Gasteiger partial charge >= 0.3 is 41.8 Å². The fourth-order valence-electron chi connectivity index (χ4n) is 6.21. The van der Waals surface area contributed by atoms with Crippen molar-refractivity contribution < 1.29 is 76.6 Å². The first-order chi connectivity index (χ1) is 36.7. The molecule has 0 heterocycles. The Morgan fingerprint density at radius 3 is 0.988 bits per heavy atom. The van der Waals surface area contributed by atoms with E-state index in [0.717, 1.165) is 6.08 Å². The van der Waals surface area contributed by atoms with Gasteiger partial charge in [-0.2, -0.15) is 0 Å². The minimum Gasteiger partial charge on any atom is -0.460 e. The number of alkyl halides is 2. The Hall–Kier alpha value is -7.15. The van der Waals surface area contributed by atoms with E-state index in [0.29, 0.717) is 0 Å². The number of ether oxygens (including phenoxy) is 7. The molecule has 0 aliphatic carbocycles. The molecule has 2 rings (SSSR count). The number of halogens is 2. The summed E-state index contributed by atoms with van der Waals surface area (Å²) in [5.74, 6) is -4.76. The number of para-hydroxylation sites is 2. The molecule has 0 saturated heterocycles. The van der Waals surface area contributed by atoms with Gasteiger partial charge in [-0.15, -0.1) is 0 Å². The number of hydrogen-bond donors (Lipinski definition) is 0. The number of carbonyl (C=O) groups is 7. The third-order valence-corrected chi connectivity index (χ3v) is 10.7. The summed E-state index contributed by atoms with van der Waals surface area (Å²) in [4.78, 5) is 113. The van der Waals surface area contributed by atoms with Crippen LogP contribution in [-0.2, 0) is 93.1 Å². The van der Waals surface area contributed by atoms with Crippen LogP contribution in [0.4, 0.5) is 11.4 Å². The molecule has 26 nitrogen and oxygen atoms in total. The molecule has 0 radical (unpaired) electrons. The second kappa shape index (κ2) is 31.2. The summed E-state index contributed by atoms with van der Waals surface area (Å²) >= 11 is 6.34. The fourth-order valence-corrected chi connectivity index (χ4v) is 6.44. The van der Waals surface area contributed by atoms with Crippen LogP contribution in [0.15, 0.2) is 59.3 Å². The highest BCUT2D eigenvalue weighted by Gasteiger charge is 2.39. The highest BCUT2D eigenvalue weighted by molar-refractivity contribution is 9.10. The van der Waals surface area contributed by atoms with Gasteiger partial charge in [0.15, 0.2) is 0 Å². The van der Waals surface area contributed by atoms with Crippen LogP contribution in [0.3, 0.4) is 0 Å². The minimum atomic E-state index is -1.37. The van der Waals surface area contributed by atoms with E-state index in [4.69, 9.17) is 44.2 Å². The first-order valence-electron chi connectivity index (χ1n) is 24.7. The van der Waals surface area contributed by atoms with Crippen molar-refractivity contribution in [3.8, 4) is 0 Å². The average molecular weight is 1270 g/mol. The minimum absolute atomic E-state index is 0.000885. The molecule has 2 atom stereocenters. The molecule has 28 heteroatoms. The van der Waals surface area contributed by atoms with Gasteiger partial charge in [0, 0.05) is 15.9 Å². The summed E-state index contributed by atoms with van der Waals surface area (Å²) in [6.07, 6.45) is 0.644. The van der Waals surface area contributed by atoms with Gasteiger partial charge in [-0.3, -0.25) is 49.0 Å². The average Bonchev–Trinajstić information content (AvgIpc) is 3.30. The number of benzene rings is 2. The molecule has 81 heavy (non-hydrogen) atoms. The SMILES string of the molecule is C=CC(=O)OC(C)(C)C.CC(C)(Br)C(=O)OCc1cccc(COC(=O)C(C)(C)Br)c1[N+](=O)[O-].CC(C)(C)OC(=O)C(CC(C)(C)C(=O)OCc1cccc(COC(=O)C(C)(C)CC(N=[N+]=[N-])C(=O)OC(C)(C)C)c1[N+](=O)[O-])N=[N+]=[N-]. The summed E-state index contributed by atoms with van der Waals surface area (Å²) in [5.41, 5.74) is 12.7. The zero-order chi connectivity index (χ0) is 63.3. The highest BCUT2D eigenvalue weighted by atomic mass is 79.9. The lowest BCUT2D eigenvalue weighted by Gasteiger charge is -2.27. The van der Waals surface area contributed by atoms with E-state index in [1.165, 1.54) is 58.0 Å². The number of carbonyl (C=O) groups excluding carboxylic acids is 7. The maximum atomic E-state index is 13.0. The molecule has 0 fully saturated rings. The number of azide groups is 2. The quantitative estimate of drug-likeness (QED) is 0.0115. The molecule has 0 saturated carbocycles. The van der Waals surface area contributed by atoms with Crippen LogP contribution in [0.1, 0.15) is 153 Å². The van der Waals surface area contributed by atoms with E-state index in [1.54, 1.807) is 75.3 Å². The lowest BCUT2D eigenvalue weighted by atomic mass is 9.86. The topological polar surface area (TPSA) is 368 Å². The Balaban J connectivity index is 0.00000155. The Bertz CT molecular complexity index is 2570. The first kappa shape index (κ1) is 73.8. The number of nitro groups is 2. The van der Waals surface area contributed by atoms with E-state index in [1.807, 2.05) is 20.8 Å². The van der Waals surface area contributed by atoms with Crippen LogP contribution in [-0.4, -0.2) is 89.2 Å². The van der Waals surface area contributed by atoms with Gasteiger partial charge in [0.05, 0.1) is 42.9 Å². The van der Waals surface area contributed by atoms with Gasteiger partial charge in [-0.25, -0.2) is 4.79 Å². The zero-order valence-corrected chi connectivity index (χ0v) is 52.0. The second-order valence-electron chi connectivity index (χ2n) is 23.0. The van der Waals surface area contributed by atoms with E-state index < -0.39 is 113 Å². The van der Waals surface area contributed by atoms with E-state index in [9.17, 15) is 53.8 Å². The van der Waals surface area contributed by atoms with Crippen molar-refractivity contribution in [1.29, 1.82) is 0 Å². The number of rotatable bonds is 23. The molecule has 0 bridgehead atoms. The molecule has 2 aromatic rings. The molecular weight excluding hydrogens is 1200 g/mol. The summed E-state index contributed by atoms with van der Waals surface area (Å²) in [7, 11) is 0. The van der Waals surface area contributed by atoms with Gasteiger partial charge in [-0.1, -0.05) is 60.8 Å². The van der Waals surface area contributed by atoms with Crippen molar-refractivity contribution in [2.75, 3.05) is 0 Å². The molecule has 0 spiro atoms. The zero-order valence-electron chi connectivity index (χ0n) is 48.8. The van der Waals surface area contributed by atoms with Crippen LogP contribution < -0.4 is 0 Å². The van der Waals surface area contributed by atoms with E-state index >= 15 is 0 Å². The Labute approximate surface area is 487 Å². The van der Waals surface area contributed by atoms with Crippen LogP contribution in [0, 0.1) is 31.1 Å². The molecular formula is C53H74Br2N8O18. The normalized spacial score (nSPS) is 12.4. The summed E-state index contributed by atoms with van der Waals surface area (Å²) in [6.45, 7) is 29.2. The molecule has 0 amide bonds. The van der Waals surface area contributed by atoms with Crippen LogP contribution in [0.2, 0.25) is 0 Å². The van der Waals surface area contributed by atoms with Gasteiger partial charge < -0.3 is 33.2 Å². The van der Waals surface area contributed by atoms with E-state index in [-0.39, 0.29) is 60.0 Å². The maximum Gasteiger partial charge on any atom is 0.330 e. The van der Waals surface area contributed by atoms with Crippen LogP contribution in [0.25, 0.3) is 20.9 Å². The summed E-state index contributed by atoms with van der Waals surface area (Å²) in [6, 6.07) is 6.09. The molecule has 0 aliphatic heterocycles. The smallest absolute Gasteiger partial charge is 0.330 e. The van der Waals surface area contributed by atoms with Crippen molar-refractivity contribution >= 4 is 85.0 Å². The largest absolute Gasteiger partial charge is 0.460 e. The van der Waals surface area contributed by atoms with Gasteiger partial charge in [0.1, 0.15) is 64.0 Å². The Morgan fingerprint density at radius 1 is 0.531 bits per heavy atom. The van der Waals surface area contributed by atoms with Gasteiger partial charge in [0.25, 0.3) is 11.4 Å². The van der Waals surface area contributed by atoms with Crippen molar-refractivity contribution in [3.63, 3.8) is 0 Å². The molecule has 448 valence electrons. The standard InChI is InChI=1S/C30H43N7O10.C16H19Br2NO6.C7H12O2/c1-27(2,3)46-23(38)20(33-35-31)14-29(7,8)25(40)44-16-18-12-11-13-19(22(18)37(42)43)17-45-26(41)30(9,10)15-21(34-36-32)24(39)47-28(4,5)6;1-15(2,17)13(20)24-8-10-6-5-7-11(12(10)19(22)23)9-25-14(21)16(3,4)18;1-5-6(8)9-7(2,3)4/h11-13,20-21H,14-17H2,1-10H3;5-7H,8-9H2,1-4H3;5H,1H2,2-4H3. The molecule has 2 unspecified atom stereocenters. The third-order valence-electron chi connectivity index (χ3n) is 10.0. The summed E-state index contributed by atoms with van der Waals surface area (Å²) < 4.78 is 34.6. The van der Waals surface area contributed by atoms with Crippen molar-refractivity contribution in [3.05, 3.63) is 112 Å². The highest BCUT2D eigenvalue weighted by Crippen LogP contribution is 2.33. The number of nitro benzene ring substituents is 2. The van der Waals surface area contributed by atoms with E-state index in [2.05, 4.69) is 58.5 Å². The molecule has 0 aromatic heterocycles. The predicted molar refractivity (Wildman–Crippen MR) is 302 cm³/mol. The first-order valence-corrected chi connectivity index (χ1v) is 26.3. The number of hydrogen-bond acceptors (Lipinski definition) is 20. The lowest BCUT2D eigenvalue weighted by molar-refractivity contribution is -0.387. The molecule has 0 N–H and O–H groups in total. The molecule has 2 aromatic carbocycles. The molecule has 0 aliphatic rings. The van der Waals surface area contributed by atoms with Crippen molar-refractivity contribution in [2.24, 2.45) is 21.1 Å². The van der Waals surface area contributed by atoms with Crippen molar-refractivity contribution in [2.45, 2.75) is 195 Å². The van der Waals surface area contributed by atoms with Crippen LogP contribution in [0.5, 0.6) is 0 Å². The monoisotopic (exact) mass is 1270 g/mol. The fraction of sp³-hybridized carbons (Fsp3) is 0.604. The maximum absolute atomic E-state index is 13.0. The Kier molecular flexibility index (Phi) is 28.4. The van der Waals surface area contributed by atoms with Crippen molar-refractivity contribution in [1.82, 2.24) is 0 Å².